The van der Waals surface area contributed by atoms with Gasteiger partial charge in [0.05, 0.1) is 17.3 Å². The van der Waals surface area contributed by atoms with E-state index >= 15 is 0 Å². The minimum atomic E-state index is 0.591. The molecule has 1 aromatic carbocycles. The van der Waals surface area contributed by atoms with Crippen molar-refractivity contribution in [2.24, 2.45) is 0 Å². The molecule has 0 aliphatic rings. The summed E-state index contributed by atoms with van der Waals surface area (Å²) in [7, 11) is 0. The first-order chi connectivity index (χ1) is 11.6. The van der Waals surface area contributed by atoms with Gasteiger partial charge in [-0.1, -0.05) is 6.07 Å². The SMILES string of the molecule is Cc1ccc(Oc2ccnc(Nc3cccc(C#N)c3)c2)c(C)n1. The molecule has 3 aromatic rings. The highest BCUT2D eigenvalue weighted by Gasteiger charge is 2.05. The summed E-state index contributed by atoms with van der Waals surface area (Å²) >= 11 is 0. The maximum absolute atomic E-state index is 8.96. The fourth-order valence-corrected chi connectivity index (χ4v) is 2.27. The van der Waals surface area contributed by atoms with Gasteiger partial charge in [0.2, 0.25) is 0 Å². The van der Waals surface area contributed by atoms with Crippen molar-refractivity contribution >= 4 is 11.5 Å². The van der Waals surface area contributed by atoms with E-state index < -0.39 is 0 Å². The van der Waals surface area contributed by atoms with Crippen molar-refractivity contribution in [2.75, 3.05) is 5.32 Å². The van der Waals surface area contributed by atoms with E-state index in [-0.39, 0.29) is 0 Å². The van der Waals surface area contributed by atoms with Crippen LogP contribution in [0, 0.1) is 25.2 Å². The standard InChI is InChI=1S/C19H16N4O/c1-13-6-7-18(14(2)22-13)24-17-8-9-21-19(11-17)23-16-5-3-4-15(10-16)12-20/h3-11H,1-2H3,(H,21,23). The van der Waals surface area contributed by atoms with Crippen LogP contribution in [0.25, 0.3) is 0 Å². The number of nitrogens with one attached hydrogen (secondary N) is 1. The molecule has 24 heavy (non-hydrogen) atoms. The molecule has 5 nitrogen and oxygen atoms in total. The van der Waals surface area contributed by atoms with Crippen LogP contribution in [0.2, 0.25) is 0 Å². The van der Waals surface area contributed by atoms with Crippen molar-refractivity contribution in [1.82, 2.24) is 9.97 Å². The first-order valence-electron chi connectivity index (χ1n) is 7.49. The molecule has 0 atom stereocenters. The number of rotatable bonds is 4. The molecule has 0 aliphatic carbocycles. The molecular weight excluding hydrogens is 300 g/mol. The van der Waals surface area contributed by atoms with Crippen molar-refractivity contribution < 1.29 is 4.74 Å². The third-order valence-electron chi connectivity index (χ3n) is 3.40. The fraction of sp³-hybridized carbons (Fsp3) is 0.105. The second kappa shape index (κ2) is 6.80. The number of ether oxygens (including phenoxy) is 1. The average molecular weight is 316 g/mol. The van der Waals surface area contributed by atoms with Crippen LogP contribution in [0.15, 0.2) is 54.7 Å². The Hall–Kier alpha value is -3.39. The minimum Gasteiger partial charge on any atom is -0.455 e. The first-order valence-corrected chi connectivity index (χ1v) is 7.49. The van der Waals surface area contributed by atoms with Crippen LogP contribution in [0.4, 0.5) is 11.5 Å². The van der Waals surface area contributed by atoms with Crippen molar-refractivity contribution in [2.45, 2.75) is 13.8 Å². The molecule has 3 rings (SSSR count). The summed E-state index contributed by atoms with van der Waals surface area (Å²) in [5, 5.41) is 12.1. The van der Waals surface area contributed by atoms with Crippen molar-refractivity contribution in [3.05, 3.63) is 71.7 Å². The third kappa shape index (κ3) is 3.68. The van der Waals surface area contributed by atoms with Gasteiger partial charge in [0.1, 0.15) is 17.3 Å². The minimum absolute atomic E-state index is 0.591. The van der Waals surface area contributed by atoms with Gasteiger partial charge in [-0.3, -0.25) is 4.98 Å². The highest BCUT2D eigenvalue weighted by molar-refractivity contribution is 5.59. The molecule has 2 aromatic heterocycles. The third-order valence-corrected chi connectivity index (χ3v) is 3.40. The summed E-state index contributed by atoms with van der Waals surface area (Å²) in [5.41, 5.74) is 3.18. The van der Waals surface area contributed by atoms with Gasteiger partial charge in [-0.25, -0.2) is 4.98 Å². The van der Waals surface area contributed by atoms with E-state index in [1.165, 1.54) is 0 Å². The van der Waals surface area contributed by atoms with Crippen LogP contribution in [0.5, 0.6) is 11.5 Å². The number of nitriles is 1. The zero-order valence-corrected chi connectivity index (χ0v) is 13.4. The molecule has 2 heterocycles. The molecular formula is C19H16N4O. The number of pyridine rings is 2. The zero-order valence-electron chi connectivity index (χ0n) is 13.4. The number of nitrogens with zero attached hydrogens (tertiary/aromatic N) is 3. The zero-order chi connectivity index (χ0) is 16.9. The Balaban J connectivity index is 1.80. The van der Waals surface area contributed by atoms with E-state index in [0.29, 0.717) is 22.9 Å². The van der Waals surface area contributed by atoms with Crippen LogP contribution < -0.4 is 10.1 Å². The Morgan fingerprint density at radius 1 is 1.08 bits per heavy atom. The second-order valence-corrected chi connectivity index (χ2v) is 5.33. The van der Waals surface area contributed by atoms with E-state index in [4.69, 9.17) is 10.00 Å². The Labute approximate surface area is 140 Å². The van der Waals surface area contributed by atoms with Crippen LogP contribution >= 0.6 is 0 Å². The van der Waals surface area contributed by atoms with Crippen LogP contribution in [0.1, 0.15) is 17.0 Å². The predicted octanol–water partition coefficient (Wildman–Crippen LogP) is 4.50. The molecule has 0 amide bonds. The Morgan fingerprint density at radius 3 is 2.75 bits per heavy atom. The molecule has 0 radical (unpaired) electrons. The molecule has 118 valence electrons. The summed E-state index contributed by atoms with van der Waals surface area (Å²) < 4.78 is 5.89. The van der Waals surface area contributed by atoms with Gasteiger partial charge in [-0.15, -0.1) is 0 Å². The van der Waals surface area contributed by atoms with Gasteiger partial charge in [0.15, 0.2) is 0 Å². The monoisotopic (exact) mass is 316 g/mol. The van der Waals surface area contributed by atoms with E-state index in [9.17, 15) is 0 Å². The van der Waals surface area contributed by atoms with Crippen molar-refractivity contribution in [1.29, 1.82) is 5.26 Å². The van der Waals surface area contributed by atoms with Gasteiger partial charge in [0, 0.05) is 23.6 Å². The Kier molecular flexibility index (Phi) is 4.39. The van der Waals surface area contributed by atoms with Gasteiger partial charge in [-0.05, 0) is 50.2 Å². The molecule has 0 aliphatic heterocycles. The van der Waals surface area contributed by atoms with E-state index in [2.05, 4.69) is 21.4 Å². The summed E-state index contributed by atoms with van der Waals surface area (Å²) in [5.74, 6) is 2.02. The quantitative estimate of drug-likeness (QED) is 0.767. The lowest BCUT2D eigenvalue weighted by Crippen LogP contribution is -1.96. The largest absolute Gasteiger partial charge is 0.455 e. The molecule has 0 saturated heterocycles. The van der Waals surface area contributed by atoms with Crippen molar-refractivity contribution in [3.8, 4) is 17.6 Å². The normalized spacial score (nSPS) is 10.0. The van der Waals surface area contributed by atoms with E-state index in [1.807, 2.05) is 38.1 Å². The maximum Gasteiger partial charge on any atom is 0.148 e. The number of hydrogen-bond donors (Lipinski definition) is 1. The summed E-state index contributed by atoms with van der Waals surface area (Å²) in [4.78, 5) is 8.67. The molecule has 0 bridgehead atoms. The fourth-order valence-electron chi connectivity index (χ4n) is 2.27. The lowest BCUT2D eigenvalue weighted by atomic mass is 10.2. The number of hydrogen-bond acceptors (Lipinski definition) is 5. The first kappa shape index (κ1) is 15.5. The molecule has 0 unspecified atom stereocenters. The van der Waals surface area contributed by atoms with Gasteiger partial charge in [0.25, 0.3) is 0 Å². The number of anilines is 2. The highest BCUT2D eigenvalue weighted by Crippen LogP contribution is 2.26. The van der Waals surface area contributed by atoms with E-state index in [1.54, 1.807) is 30.5 Å². The molecule has 5 heteroatoms. The van der Waals surface area contributed by atoms with Gasteiger partial charge in [-0.2, -0.15) is 5.26 Å². The smallest absolute Gasteiger partial charge is 0.148 e. The lowest BCUT2D eigenvalue weighted by molar-refractivity contribution is 0.475. The molecule has 0 fully saturated rings. The topological polar surface area (TPSA) is 70.8 Å². The summed E-state index contributed by atoms with van der Waals surface area (Å²) in [6, 6.07) is 16.7. The summed E-state index contributed by atoms with van der Waals surface area (Å²) in [6.45, 7) is 3.86. The predicted molar refractivity (Wildman–Crippen MR) is 92.5 cm³/mol. The molecule has 0 saturated carbocycles. The Morgan fingerprint density at radius 2 is 1.96 bits per heavy atom. The van der Waals surface area contributed by atoms with Gasteiger partial charge < -0.3 is 10.1 Å². The maximum atomic E-state index is 8.96. The molecule has 1 N–H and O–H groups in total. The van der Waals surface area contributed by atoms with Crippen LogP contribution in [0.3, 0.4) is 0 Å². The van der Waals surface area contributed by atoms with E-state index in [0.717, 1.165) is 17.1 Å². The number of aryl methyl sites for hydroxylation is 2. The Bertz CT molecular complexity index is 915. The lowest BCUT2D eigenvalue weighted by Gasteiger charge is -2.10. The molecule has 0 spiro atoms. The van der Waals surface area contributed by atoms with Crippen LogP contribution in [-0.2, 0) is 0 Å². The van der Waals surface area contributed by atoms with Gasteiger partial charge >= 0.3 is 0 Å². The van der Waals surface area contributed by atoms with Crippen LogP contribution in [-0.4, -0.2) is 9.97 Å². The van der Waals surface area contributed by atoms with Crippen molar-refractivity contribution in [3.63, 3.8) is 0 Å². The number of benzene rings is 1. The average Bonchev–Trinajstić information content (AvgIpc) is 2.58. The highest BCUT2D eigenvalue weighted by atomic mass is 16.5. The second-order valence-electron chi connectivity index (χ2n) is 5.33. The number of aromatic nitrogens is 2. The summed E-state index contributed by atoms with van der Waals surface area (Å²) in [6.07, 6.45) is 1.67.